The molecule has 1 heterocycles. The molecular formula is C10H16N4O. The van der Waals surface area contributed by atoms with Crippen molar-refractivity contribution >= 4 is 5.91 Å². The van der Waals surface area contributed by atoms with Gasteiger partial charge in [-0.1, -0.05) is 6.92 Å². The maximum absolute atomic E-state index is 11.5. The fourth-order valence-electron chi connectivity index (χ4n) is 1.38. The molecule has 0 bridgehead atoms. The molecule has 0 aromatic carbocycles. The average Bonchev–Trinajstić information content (AvgIpc) is 2.94. The van der Waals surface area contributed by atoms with Crippen LogP contribution in [0, 0.1) is 5.92 Å². The molecule has 1 aliphatic carbocycles. The zero-order valence-corrected chi connectivity index (χ0v) is 8.92. The van der Waals surface area contributed by atoms with E-state index in [1.165, 1.54) is 12.8 Å². The number of carbonyl (C=O) groups excluding carboxylic acids is 1. The Morgan fingerprint density at radius 1 is 1.60 bits per heavy atom. The van der Waals surface area contributed by atoms with E-state index in [0.717, 1.165) is 25.2 Å². The van der Waals surface area contributed by atoms with Crippen LogP contribution in [0.1, 0.15) is 42.6 Å². The van der Waals surface area contributed by atoms with Gasteiger partial charge in [-0.15, -0.1) is 5.10 Å². The lowest BCUT2D eigenvalue weighted by Gasteiger charge is -1.98. The Balaban J connectivity index is 1.86. The number of nitrogens with zero attached hydrogens (tertiary/aromatic N) is 2. The molecule has 0 aliphatic heterocycles. The van der Waals surface area contributed by atoms with Gasteiger partial charge in [0.1, 0.15) is 5.82 Å². The second-order valence-corrected chi connectivity index (χ2v) is 4.01. The molecule has 5 heteroatoms. The fraction of sp³-hybridized carbons (Fsp3) is 0.700. The first kappa shape index (κ1) is 10.1. The molecule has 2 N–H and O–H groups in total. The predicted molar refractivity (Wildman–Crippen MR) is 55.4 cm³/mol. The number of amides is 1. The first-order valence-corrected chi connectivity index (χ1v) is 5.49. The van der Waals surface area contributed by atoms with E-state index in [9.17, 15) is 4.79 Å². The molecule has 1 amide bonds. The smallest absolute Gasteiger partial charge is 0.290 e. The van der Waals surface area contributed by atoms with Gasteiger partial charge in [0.25, 0.3) is 5.91 Å². The van der Waals surface area contributed by atoms with Crippen LogP contribution in [-0.2, 0) is 6.42 Å². The molecular weight excluding hydrogens is 192 g/mol. The molecule has 0 spiro atoms. The summed E-state index contributed by atoms with van der Waals surface area (Å²) < 4.78 is 0. The molecule has 1 aromatic rings. The van der Waals surface area contributed by atoms with Gasteiger partial charge < -0.3 is 5.32 Å². The topological polar surface area (TPSA) is 70.7 Å². The minimum absolute atomic E-state index is 0.166. The summed E-state index contributed by atoms with van der Waals surface area (Å²) in [5, 5.41) is 9.49. The van der Waals surface area contributed by atoms with Crippen molar-refractivity contribution in [1.82, 2.24) is 20.5 Å². The normalized spacial score (nSPS) is 15.3. The molecule has 0 atom stereocenters. The highest BCUT2D eigenvalue weighted by atomic mass is 16.2. The van der Waals surface area contributed by atoms with Gasteiger partial charge in [0.2, 0.25) is 5.82 Å². The average molecular weight is 208 g/mol. The first-order valence-electron chi connectivity index (χ1n) is 5.49. The zero-order chi connectivity index (χ0) is 10.7. The second kappa shape index (κ2) is 4.42. The molecule has 0 saturated heterocycles. The number of H-pyrrole nitrogens is 1. The largest absolute Gasteiger partial charge is 0.349 e. The third-order valence-electron chi connectivity index (χ3n) is 2.47. The van der Waals surface area contributed by atoms with Crippen molar-refractivity contribution in [3.8, 4) is 0 Å². The van der Waals surface area contributed by atoms with Crippen LogP contribution >= 0.6 is 0 Å². The molecule has 82 valence electrons. The van der Waals surface area contributed by atoms with Crippen LogP contribution in [0.2, 0.25) is 0 Å². The van der Waals surface area contributed by atoms with E-state index in [0.29, 0.717) is 5.92 Å². The molecule has 2 rings (SSSR count). The number of aromatic amines is 1. The van der Waals surface area contributed by atoms with E-state index in [4.69, 9.17) is 0 Å². The Morgan fingerprint density at radius 2 is 2.40 bits per heavy atom. The number of rotatable bonds is 5. The number of hydrogen-bond donors (Lipinski definition) is 2. The molecule has 1 aliphatic rings. The van der Waals surface area contributed by atoms with Crippen LogP contribution < -0.4 is 5.32 Å². The SMILES string of the molecule is CCCc1nc(C(=O)NCC2CC2)n[nH]1. The molecule has 15 heavy (non-hydrogen) atoms. The molecule has 5 nitrogen and oxygen atoms in total. The minimum Gasteiger partial charge on any atom is -0.349 e. The highest BCUT2D eigenvalue weighted by Crippen LogP contribution is 2.27. The van der Waals surface area contributed by atoms with E-state index >= 15 is 0 Å². The van der Waals surface area contributed by atoms with Gasteiger partial charge in [-0.3, -0.25) is 9.89 Å². The molecule has 1 fully saturated rings. The lowest BCUT2D eigenvalue weighted by Crippen LogP contribution is -2.26. The summed E-state index contributed by atoms with van der Waals surface area (Å²) in [6.45, 7) is 2.83. The summed E-state index contributed by atoms with van der Waals surface area (Å²) in [7, 11) is 0. The molecule has 0 radical (unpaired) electrons. The lowest BCUT2D eigenvalue weighted by atomic mass is 10.3. The second-order valence-electron chi connectivity index (χ2n) is 4.01. The maximum Gasteiger partial charge on any atom is 0.290 e. The van der Waals surface area contributed by atoms with Crippen molar-refractivity contribution < 1.29 is 4.79 Å². The maximum atomic E-state index is 11.5. The van der Waals surface area contributed by atoms with Gasteiger partial charge in [-0.2, -0.15) is 0 Å². The van der Waals surface area contributed by atoms with Gasteiger partial charge in [-0.05, 0) is 25.2 Å². The van der Waals surface area contributed by atoms with Crippen molar-refractivity contribution in [1.29, 1.82) is 0 Å². The minimum atomic E-state index is -0.166. The quantitative estimate of drug-likeness (QED) is 0.755. The molecule has 0 unspecified atom stereocenters. The number of hydrogen-bond acceptors (Lipinski definition) is 3. The Hall–Kier alpha value is -1.39. The Labute approximate surface area is 88.7 Å². The lowest BCUT2D eigenvalue weighted by molar-refractivity contribution is 0.0941. The van der Waals surface area contributed by atoms with Gasteiger partial charge in [0, 0.05) is 13.0 Å². The van der Waals surface area contributed by atoms with E-state index in [1.807, 2.05) is 0 Å². The van der Waals surface area contributed by atoms with Crippen molar-refractivity contribution in [2.45, 2.75) is 32.6 Å². The summed E-state index contributed by atoms with van der Waals surface area (Å²) in [4.78, 5) is 15.7. The molecule has 1 aromatic heterocycles. The van der Waals surface area contributed by atoms with Crippen LogP contribution in [0.3, 0.4) is 0 Å². The molecule has 1 saturated carbocycles. The van der Waals surface area contributed by atoms with Crippen LogP contribution in [0.25, 0.3) is 0 Å². The van der Waals surface area contributed by atoms with Gasteiger partial charge >= 0.3 is 0 Å². The third kappa shape index (κ3) is 2.78. The number of aromatic nitrogens is 3. The monoisotopic (exact) mass is 208 g/mol. The van der Waals surface area contributed by atoms with E-state index in [-0.39, 0.29) is 11.7 Å². The summed E-state index contributed by atoms with van der Waals surface area (Å²) in [5.41, 5.74) is 0. The standard InChI is InChI=1S/C10H16N4O/c1-2-3-8-12-9(14-13-8)10(15)11-6-7-4-5-7/h7H,2-6H2,1H3,(H,11,15)(H,12,13,14). The van der Waals surface area contributed by atoms with Gasteiger partial charge in [-0.25, -0.2) is 4.98 Å². The summed E-state index contributed by atoms with van der Waals surface area (Å²) in [5.74, 6) is 1.57. The highest BCUT2D eigenvalue weighted by Gasteiger charge is 2.22. The van der Waals surface area contributed by atoms with E-state index < -0.39 is 0 Å². The summed E-state index contributed by atoms with van der Waals surface area (Å²) in [6.07, 6.45) is 4.30. The number of aryl methyl sites for hydroxylation is 1. The first-order chi connectivity index (χ1) is 7.29. The Bertz CT molecular complexity index is 343. The predicted octanol–water partition coefficient (Wildman–Crippen LogP) is 0.897. The summed E-state index contributed by atoms with van der Waals surface area (Å²) in [6, 6.07) is 0. The fourth-order valence-corrected chi connectivity index (χ4v) is 1.38. The van der Waals surface area contributed by atoms with Crippen molar-refractivity contribution in [3.63, 3.8) is 0 Å². The third-order valence-corrected chi connectivity index (χ3v) is 2.47. The number of nitrogens with one attached hydrogen (secondary N) is 2. The van der Waals surface area contributed by atoms with Crippen molar-refractivity contribution in [2.75, 3.05) is 6.54 Å². The van der Waals surface area contributed by atoms with Crippen molar-refractivity contribution in [2.24, 2.45) is 5.92 Å². The van der Waals surface area contributed by atoms with E-state index in [2.05, 4.69) is 27.4 Å². The van der Waals surface area contributed by atoms with E-state index in [1.54, 1.807) is 0 Å². The zero-order valence-electron chi connectivity index (χ0n) is 8.92. The number of carbonyl (C=O) groups is 1. The highest BCUT2D eigenvalue weighted by molar-refractivity contribution is 5.90. The van der Waals surface area contributed by atoms with Crippen LogP contribution in [0.15, 0.2) is 0 Å². The Morgan fingerprint density at radius 3 is 3.07 bits per heavy atom. The van der Waals surface area contributed by atoms with Gasteiger partial charge in [0.15, 0.2) is 0 Å². The van der Waals surface area contributed by atoms with Crippen molar-refractivity contribution in [3.05, 3.63) is 11.6 Å². The van der Waals surface area contributed by atoms with Crippen LogP contribution in [0.5, 0.6) is 0 Å². The van der Waals surface area contributed by atoms with Gasteiger partial charge in [0.05, 0.1) is 0 Å². The van der Waals surface area contributed by atoms with Crippen LogP contribution in [-0.4, -0.2) is 27.6 Å². The summed E-state index contributed by atoms with van der Waals surface area (Å²) >= 11 is 0. The van der Waals surface area contributed by atoms with Crippen LogP contribution in [0.4, 0.5) is 0 Å². The Kier molecular flexibility index (Phi) is 2.99.